The van der Waals surface area contributed by atoms with E-state index in [1.54, 1.807) is 18.0 Å². The van der Waals surface area contributed by atoms with Crippen molar-refractivity contribution in [1.29, 1.82) is 0 Å². The smallest absolute Gasteiger partial charge is 0.0689 e. The van der Waals surface area contributed by atoms with Crippen LogP contribution in [0.3, 0.4) is 0 Å². The van der Waals surface area contributed by atoms with Crippen molar-refractivity contribution in [2.75, 3.05) is 5.75 Å². The summed E-state index contributed by atoms with van der Waals surface area (Å²) in [5.74, 6) is 0.694. The van der Waals surface area contributed by atoms with Gasteiger partial charge in [0, 0.05) is 29.0 Å². The van der Waals surface area contributed by atoms with Gasteiger partial charge in [-0.25, -0.2) is 0 Å². The fourth-order valence-electron chi connectivity index (χ4n) is 1.72. The number of pyridine rings is 1. The van der Waals surface area contributed by atoms with Crippen LogP contribution < -0.4 is 0 Å². The number of aliphatic hydroxyl groups is 1. The van der Waals surface area contributed by atoms with Gasteiger partial charge in [0.25, 0.3) is 0 Å². The summed E-state index contributed by atoms with van der Waals surface area (Å²) in [7, 11) is 0. The van der Waals surface area contributed by atoms with Gasteiger partial charge in [-0.15, -0.1) is 11.8 Å². The van der Waals surface area contributed by atoms with E-state index in [1.165, 1.54) is 10.5 Å². The normalized spacial score (nSPS) is 12.3. The topological polar surface area (TPSA) is 33.1 Å². The molecular weight excluding hydrogens is 242 g/mol. The van der Waals surface area contributed by atoms with E-state index in [1.807, 2.05) is 24.3 Å². The van der Waals surface area contributed by atoms with Gasteiger partial charge in [0.05, 0.1) is 6.10 Å². The Labute approximate surface area is 112 Å². The summed E-state index contributed by atoms with van der Waals surface area (Å²) < 4.78 is 0. The maximum atomic E-state index is 9.97. The monoisotopic (exact) mass is 259 g/mol. The number of aryl methyl sites for hydroxylation is 1. The molecule has 3 heteroatoms. The molecule has 0 saturated heterocycles. The molecule has 0 fully saturated rings. The molecule has 2 aromatic rings. The quantitative estimate of drug-likeness (QED) is 0.838. The van der Waals surface area contributed by atoms with E-state index >= 15 is 0 Å². The van der Waals surface area contributed by atoms with Gasteiger partial charge in [-0.3, -0.25) is 4.98 Å². The lowest BCUT2D eigenvalue weighted by Gasteiger charge is -2.10. The van der Waals surface area contributed by atoms with Crippen molar-refractivity contribution in [1.82, 2.24) is 4.98 Å². The highest BCUT2D eigenvalue weighted by atomic mass is 32.2. The summed E-state index contributed by atoms with van der Waals surface area (Å²) in [5.41, 5.74) is 2.19. The van der Waals surface area contributed by atoms with Crippen molar-refractivity contribution in [3.63, 3.8) is 0 Å². The molecule has 1 aromatic heterocycles. The molecule has 1 unspecified atom stereocenters. The van der Waals surface area contributed by atoms with Crippen molar-refractivity contribution >= 4 is 11.8 Å². The van der Waals surface area contributed by atoms with Crippen LogP contribution in [0.25, 0.3) is 0 Å². The number of aromatic nitrogens is 1. The fourth-order valence-corrected chi connectivity index (χ4v) is 2.66. The number of hydrogen-bond donors (Lipinski definition) is 1. The summed E-state index contributed by atoms with van der Waals surface area (Å²) in [6, 6.07) is 14.1. The third kappa shape index (κ3) is 4.17. The maximum absolute atomic E-state index is 9.97. The fraction of sp³-hybridized carbons (Fsp3) is 0.267. The number of thioether (sulfide) groups is 1. The lowest BCUT2D eigenvalue weighted by atomic mass is 10.2. The first-order chi connectivity index (χ1) is 8.74. The van der Waals surface area contributed by atoms with Gasteiger partial charge in [-0.2, -0.15) is 0 Å². The number of nitrogens with zero attached hydrogens (tertiary/aromatic N) is 1. The maximum Gasteiger partial charge on any atom is 0.0689 e. The van der Waals surface area contributed by atoms with Crippen molar-refractivity contribution in [3.05, 3.63) is 59.9 Å². The molecule has 0 bridgehead atoms. The Morgan fingerprint density at radius 1 is 1.22 bits per heavy atom. The Balaban J connectivity index is 1.83. The lowest BCUT2D eigenvalue weighted by molar-refractivity contribution is 0.199. The molecular formula is C15H17NOS. The zero-order valence-electron chi connectivity index (χ0n) is 10.4. The minimum atomic E-state index is -0.356. The zero-order valence-corrected chi connectivity index (χ0v) is 11.2. The molecule has 18 heavy (non-hydrogen) atoms. The van der Waals surface area contributed by atoms with Crippen LogP contribution in [0.4, 0.5) is 0 Å². The summed E-state index contributed by atoms with van der Waals surface area (Å²) in [6.07, 6.45) is 2.01. The molecule has 0 amide bonds. The van der Waals surface area contributed by atoms with E-state index < -0.39 is 0 Å². The van der Waals surface area contributed by atoms with Gasteiger partial charge in [-0.05, 0) is 31.2 Å². The van der Waals surface area contributed by atoms with E-state index in [0.29, 0.717) is 12.2 Å². The summed E-state index contributed by atoms with van der Waals surface area (Å²) >= 11 is 1.68. The van der Waals surface area contributed by atoms with Crippen LogP contribution in [-0.4, -0.2) is 21.9 Å². The Bertz CT molecular complexity index is 487. The molecule has 0 aliphatic rings. The molecule has 1 N–H and O–H groups in total. The third-order valence-electron chi connectivity index (χ3n) is 2.60. The molecule has 1 atom stereocenters. The summed E-state index contributed by atoms with van der Waals surface area (Å²) in [5, 5.41) is 9.97. The first-order valence-electron chi connectivity index (χ1n) is 6.01. The Morgan fingerprint density at radius 3 is 2.83 bits per heavy atom. The van der Waals surface area contributed by atoms with Crippen LogP contribution in [0.15, 0.2) is 53.6 Å². The Morgan fingerprint density at radius 2 is 2.11 bits per heavy atom. The van der Waals surface area contributed by atoms with Crippen LogP contribution >= 0.6 is 11.8 Å². The van der Waals surface area contributed by atoms with Gasteiger partial charge >= 0.3 is 0 Å². The third-order valence-corrected chi connectivity index (χ3v) is 3.74. The number of aliphatic hydroxyl groups excluding tert-OH is 1. The van der Waals surface area contributed by atoms with Crippen LogP contribution in [0.1, 0.15) is 11.3 Å². The molecule has 1 aromatic carbocycles. The molecule has 0 saturated carbocycles. The first kappa shape index (κ1) is 13.1. The Hall–Kier alpha value is -1.32. The minimum Gasteiger partial charge on any atom is -0.392 e. The zero-order chi connectivity index (χ0) is 12.8. The lowest BCUT2D eigenvalue weighted by Crippen LogP contribution is -2.14. The molecule has 0 radical (unpaired) electrons. The predicted molar refractivity (Wildman–Crippen MR) is 75.9 cm³/mol. The molecule has 1 heterocycles. The van der Waals surface area contributed by atoms with Crippen LogP contribution in [0, 0.1) is 6.92 Å². The van der Waals surface area contributed by atoms with E-state index in [-0.39, 0.29) is 6.10 Å². The second-order valence-electron chi connectivity index (χ2n) is 4.31. The van der Waals surface area contributed by atoms with E-state index in [4.69, 9.17) is 0 Å². The average molecular weight is 259 g/mol. The average Bonchev–Trinajstić information content (AvgIpc) is 2.38. The second kappa shape index (κ2) is 6.57. The van der Waals surface area contributed by atoms with Crippen LogP contribution in [0.5, 0.6) is 0 Å². The highest BCUT2D eigenvalue weighted by molar-refractivity contribution is 7.99. The molecule has 2 rings (SSSR count). The summed E-state index contributed by atoms with van der Waals surface area (Å²) in [4.78, 5) is 5.42. The van der Waals surface area contributed by atoms with Crippen LogP contribution in [-0.2, 0) is 6.42 Å². The predicted octanol–water partition coefficient (Wildman–Crippen LogP) is 3.09. The summed E-state index contributed by atoms with van der Waals surface area (Å²) in [6.45, 7) is 2.08. The van der Waals surface area contributed by atoms with Gasteiger partial charge in [-0.1, -0.05) is 23.8 Å². The molecule has 0 aliphatic heterocycles. The van der Waals surface area contributed by atoms with Crippen molar-refractivity contribution in [2.45, 2.75) is 24.3 Å². The number of rotatable bonds is 5. The highest BCUT2D eigenvalue weighted by Crippen LogP contribution is 2.20. The molecule has 2 nitrogen and oxygen atoms in total. The number of benzene rings is 1. The van der Waals surface area contributed by atoms with E-state index in [2.05, 4.69) is 30.1 Å². The minimum absolute atomic E-state index is 0.356. The number of hydrogen-bond acceptors (Lipinski definition) is 3. The molecule has 0 aliphatic carbocycles. The largest absolute Gasteiger partial charge is 0.392 e. The first-order valence-corrected chi connectivity index (χ1v) is 7.00. The van der Waals surface area contributed by atoms with Crippen LogP contribution in [0.2, 0.25) is 0 Å². The van der Waals surface area contributed by atoms with Crippen molar-refractivity contribution in [2.24, 2.45) is 0 Å². The van der Waals surface area contributed by atoms with Gasteiger partial charge in [0.15, 0.2) is 0 Å². The molecule has 0 spiro atoms. The standard InChI is InChI=1S/C15H17NOS/c1-12-5-4-7-15(9-12)18-11-14(17)10-13-6-2-3-8-16-13/h2-9,14,17H,10-11H2,1H3. The highest BCUT2D eigenvalue weighted by Gasteiger charge is 2.07. The van der Waals surface area contributed by atoms with Gasteiger partial charge in [0.1, 0.15) is 0 Å². The molecule has 94 valence electrons. The van der Waals surface area contributed by atoms with Gasteiger partial charge in [0.2, 0.25) is 0 Å². The second-order valence-corrected chi connectivity index (χ2v) is 5.40. The van der Waals surface area contributed by atoms with Gasteiger partial charge < -0.3 is 5.11 Å². The van der Waals surface area contributed by atoms with Crippen molar-refractivity contribution in [3.8, 4) is 0 Å². The van der Waals surface area contributed by atoms with E-state index in [0.717, 1.165) is 5.69 Å². The van der Waals surface area contributed by atoms with E-state index in [9.17, 15) is 5.11 Å². The Kier molecular flexibility index (Phi) is 4.79. The SMILES string of the molecule is Cc1cccc(SCC(O)Cc2ccccn2)c1. The van der Waals surface area contributed by atoms with Crippen molar-refractivity contribution < 1.29 is 5.11 Å².